The van der Waals surface area contributed by atoms with Crippen molar-refractivity contribution in [2.75, 3.05) is 4.90 Å². The van der Waals surface area contributed by atoms with Gasteiger partial charge in [-0.1, -0.05) is 66.7 Å². The minimum absolute atomic E-state index is 0.682. The Kier molecular flexibility index (Phi) is 5.67. The SMILES string of the molecule is c1ccc(N(c2cccc(-c3nccc4c3oc3ccccc34)n2)c2cccc(-c3nccc4c3oc3ccccc34)n2)cc1. The lowest BCUT2D eigenvalue weighted by Gasteiger charge is -2.24. The van der Waals surface area contributed by atoms with E-state index < -0.39 is 0 Å². The molecule has 0 saturated heterocycles. The van der Waals surface area contributed by atoms with Gasteiger partial charge in [0.15, 0.2) is 11.2 Å². The first-order chi connectivity index (χ1) is 22.3. The van der Waals surface area contributed by atoms with E-state index in [4.69, 9.17) is 28.8 Å². The number of pyridine rings is 4. The molecule has 212 valence electrons. The van der Waals surface area contributed by atoms with Crippen LogP contribution in [0.4, 0.5) is 17.3 Å². The fourth-order valence-corrected chi connectivity index (χ4v) is 5.99. The Morgan fingerprint density at radius 2 is 0.911 bits per heavy atom. The Morgan fingerprint density at radius 1 is 0.422 bits per heavy atom. The summed E-state index contributed by atoms with van der Waals surface area (Å²) in [6, 6.07) is 41.9. The predicted molar refractivity (Wildman–Crippen MR) is 178 cm³/mol. The number of benzene rings is 3. The molecule has 0 unspecified atom stereocenters. The molecule has 0 atom stereocenters. The van der Waals surface area contributed by atoms with Crippen LogP contribution < -0.4 is 4.90 Å². The van der Waals surface area contributed by atoms with Gasteiger partial charge < -0.3 is 8.83 Å². The number of furan rings is 2. The number of rotatable bonds is 5. The van der Waals surface area contributed by atoms with Crippen molar-refractivity contribution in [1.82, 2.24) is 19.9 Å². The number of anilines is 3. The lowest BCUT2D eigenvalue weighted by molar-refractivity contribution is 0.667. The molecule has 45 heavy (non-hydrogen) atoms. The quantitative estimate of drug-likeness (QED) is 0.200. The summed E-state index contributed by atoms with van der Waals surface area (Å²) in [4.78, 5) is 21.7. The first-order valence-corrected chi connectivity index (χ1v) is 14.6. The van der Waals surface area contributed by atoms with Gasteiger partial charge in [-0.25, -0.2) is 9.97 Å². The zero-order chi connectivity index (χ0) is 29.7. The number of hydrogen-bond donors (Lipinski definition) is 0. The van der Waals surface area contributed by atoms with Crippen molar-refractivity contribution >= 4 is 61.2 Å². The molecule has 0 N–H and O–H groups in total. The molecule has 0 aliphatic heterocycles. The van der Waals surface area contributed by atoms with E-state index in [0.717, 1.165) is 38.4 Å². The molecule has 0 saturated carbocycles. The summed E-state index contributed by atoms with van der Waals surface area (Å²) in [6.07, 6.45) is 3.61. The van der Waals surface area contributed by atoms with Gasteiger partial charge in [0.1, 0.15) is 34.2 Å². The average molecular weight is 582 g/mol. The normalized spacial score (nSPS) is 11.6. The highest BCUT2D eigenvalue weighted by molar-refractivity contribution is 6.09. The number of fused-ring (bicyclic) bond motifs is 6. The Morgan fingerprint density at radius 3 is 1.44 bits per heavy atom. The number of aromatic nitrogens is 4. The van der Waals surface area contributed by atoms with Gasteiger partial charge in [0.25, 0.3) is 0 Å². The maximum Gasteiger partial charge on any atom is 0.163 e. The third-order valence-corrected chi connectivity index (χ3v) is 8.01. The van der Waals surface area contributed by atoms with E-state index in [1.165, 1.54) is 0 Å². The maximum absolute atomic E-state index is 6.28. The summed E-state index contributed by atoms with van der Waals surface area (Å²) in [7, 11) is 0. The lowest BCUT2D eigenvalue weighted by atomic mass is 10.1. The van der Waals surface area contributed by atoms with Crippen molar-refractivity contribution < 1.29 is 8.83 Å². The minimum atomic E-state index is 0.682. The Labute approximate surface area is 257 Å². The van der Waals surface area contributed by atoms with E-state index in [9.17, 15) is 0 Å². The number of nitrogens with zero attached hydrogens (tertiary/aromatic N) is 5. The van der Waals surface area contributed by atoms with Crippen LogP contribution in [0.25, 0.3) is 66.7 Å². The molecular formula is C38H23N5O2. The molecule has 0 radical (unpaired) electrons. The second-order valence-corrected chi connectivity index (χ2v) is 10.7. The molecule has 0 spiro atoms. The zero-order valence-corrected chi connectivity index (χ0v) is 23.8. The predicted octanol–water partition coefficient (Wildman–Crippen LogP) is 9.87. The molecule has 0 aliphatic rings. The molecule has 7 heteroatoms. The molecule has 6 heterocycles. The fourth-order valence-electron chi connectivity index (χ4n) is 5.99. The second kappa shape index (κ2) is 10.1. The van der Waals surface area contributed by atoms with E-state index in [2.05, 4.69) is 12.1 Å². The smallest absolute Gasteiger partial charge is 0.163 e. The van der Waals surface area contributed by atoms with E-state index in [-0.39, 0.29) is 0 Å². The molecule has 0 bridgehead atoms. The molecule has 0 amide bonds. The molecule has 9 aromatic rings. The summed E-state index contributed by atoms with van der Waals surface area (Å²) in [5, 5.41) is 4.10. The average Bonchev–Trinajstić information content (AvgIpc) is 3.68. The van der Waals surface area contributed by atoms with Crippen molar-refractivity contribution in [3.63, 3.8) is 0 Å². The molecule has 0 fully saturated rings. The first kappa shape index (κ1) is 25.2. The fraction of sp³-hybridized carbons (Fsp3) is 0. The van der Waals surface area contributed by atoms with Crippen molar-refractivity contribution in [2.45, 2.75) is 0 Å². The molecule has 3 aromatic carbocycles. The van der Waals surface area contributed by atoms with Crippen molar-refractivity contribution in [1.29, 1.82) is 0 Å². The highest BCUT2D eigenvalue weighted by Crippen LogP contribution is 2.38. The lowest BCUT2D eigenvalue weighted by Crippen LogP contribution is -2.13. The van der Waals surface area contributed by atoms with Crippen molar-refractivity contribution in [3.05, 3.63) is 140 Å². The number of para-hydroxylation sites is 3. The van der Waals surface area contributed by atoms with Gasteiger partial charge in [-0.3, -0.25) is 14.9 Å². The summed E-state index contributed by atoms with van der Waals surface area (Å²) in [5.74, 6) is 1.38. The zero-order valence-electron chi connectivity index (χ0n) is 23.8. The third-order valence-electron chi connectivity index (χ3n) is 8.01. The van der Waals surface area contributed by atoms with E-state index in [1.807, 2.05) is 120 Å². The monoisotopic (exact) mass is 581 g/mol. The second-order valence-electron chi connectivity index (χ2n) is 10.7. The largest absolute Gasteiger partial charge is 0.454 e. The molecule has 9 rings (SSSR count). The summed E-state index contributed by atoms with van der Waals surface area (Å²) in [5.41, 5.74) is 6.72. The molecular weight excluding hydrogens is 558 g/mol. The van der Waals surface area contributed by atoms with Gasteiger partial charge in [-0.15, -0.1) is 0 Å². The maximum atomic E-state index is 6.28. The topological polar surface area (TPSA) is 81.1 Å². The van der Waals surface area contributed by atoms with E-state index in [0.29, 0.717) is 45.6 Å². The highest BCUT2D eigenvalue weighted by atomic mass is 16.3. The molecule has 0 aliphatic carbocycles. The van der Waals surface area contributed by atoms with Crippen LogP contribution in [0, 0.1) is 0 Å². The van der Waals surface area contributed by atoms with Crippen LogP contribution in [-0.4, -0.2) is 19.9 Å². The van der Waals surface area contributed by atoms with Gasteiger partial charge in [0.05, 0.1) is 11.4 Å². The van der Waals surface area contributed by atoms with Crippen molar-refractivity contribution in [3.8, 4) is 22.8 Å². The van der Waals surface area contributed by atoms with Gasteiger partial charge in [0, 0.05) is 39.6 Å². The summed E-state index contributed by atoms with van der Waals surface area (Å²) in [6.45, 7) is 0. The van der Waals surface area contributed by atoms with Crippen LogP contribution in [0.5, 0.6) is 0 Å². The van der Waals surface area contributed by atoms with Crippen LogP contribution in [0.1, 0.15) is 0 Å². The third kappa shape index (κ3) is 4.13. The van der Waals surface area contributed by atoms with Crippen LogP contribution in [0.15, 0.2) is 149 Å². The van der Waals surface area contributed by atoms with Gasteiger partial charge in [-0.2, -0.15) is 0 Å². The van der Waals surface area contributed by atoms with E-state index in [1.54, 1.807) is 12.4 Å². The Bertz CT molecular complexity index is 2360. The summed E-state index contributed by atoms with van der Waals surface area (Å²) < 4.78 is 12.6. The number of hydrogen-bond acceptors (Lipinski definition) is 7. The first-order valence-electron chi connectivity index (χ1n) is 14.6. The van der Waals surface area contributed by atoms with Crippen LogP contribution >= 0.6 is 0 Å². The van der Waals surface area contributed by atoms with E-state index >= 15 is 0 Å². The highest BCUT2D eigenvalue weighted by Gasteiger charge is 2.20. The van der Waals surface area contributed by atoms with Gasteiger partial charge in [-0.05, 0) is 60.7 Å². The van der Waals surface area contributed by atoms with Gasteiger partial charge in [0.2, 0.25) is 0 Å². The Balaban J connectivity index is 1.20. The van der Waals surface area contributed by atoms with Crippen LogP contribution in [0.2, 0.25) is 0 Å². The standard InChI is InChI=1S/C38H23N5O2/c1-2-10-24(11-3-1)43(33-18-8-14-29(41-33)35-37-27(20-22-39-35)25-12-4-6-16-31(25)44-37)34-19-9-15-30(42-34)36-38-28(21-23-40-36)26-13-5-7-17-32(26)45-38/h1-23H. The van der Waals surface area contributed by atoms with Crippen LogP contribution in [-0.2, 0) is 0 Å². The molecule has 6 aromatic heterocycles. The van der Waals surface area contributed by atoms with Gasteiger partial charge >= 0.3 is 0 Å². The molecule has 7 nitrogen and oxygen atoms in total. The van der Waals surface area contributed by atoms with Crippen LogP contribution in [0.3, 0.4) is 0 Å². The Hall–Kier alpha value is -6.34. The minimum Gasteiger partial charge on any atom is -0.454 e. The summed E-state index contributed by atoms with van der Waals surface area (Å²) >= 11 is 0. The van der Waals surface area contributed by atoms with Crippen molar-refractivity contribution in [2.24, 2.45) is 0 Å².